The molecule has 2 heterocycles. The standard InChI is InChI=1S/C12H10N2O/c1-2-6-11-10(5-1)9-13-14(11)12-7-3-4-8-15-12/h1-9,12H. The zero-order valence-corrected chi connectivity index (χ0v) is 8.08. The molecule has 0 saturated heterocycles. The van der Waals surface area contributed by atoms with Crippen LogP contribution in [0.2, 0.25) is 0 Å². The van der Waals surface area contributed by atoms with Gasteiger partial charge < -0.3 is 4.74 Å². The molecular formula is C12H10N2O. The fraction of sp³-hybridized carbons (Fsp3) is 0.0833. The van der Waals surface area contributed by atoms with Crippen LogP contribution in [-0.4, -0.2) is 9.78 Å². The second-order valence-electron chi connectivity index (χ2n) is 3.39. The van der Waals surface area contributed by atoms with E-state index in [4.69, 9.17) is 4.74 Å². The van der Waals surface area contributed by atoms with Gasteiger partial charge in [-0.3, -0.25) is 0 Å². The number of aromatic nitrogens is 2. The summed E-state index contributed by atoms with van der Waals surface area (Å²) < 4.78 is 7.33. The van der Waals surface area contributed by atoms with E-state index in [9.17, 15) is 0 Å². The Morgan fingerprint density at radius 2 is 2.13 bits per heavy atom. The van der Waals surface area contributed by atoms with Crippen molar-refractivity contribution < 1.29 is 4.74 Å². The summed E-state index contributed by atoms with van der Waals surface area (Å²) >= 11 is 0. The van der Waals surface area contributed by atoms with Gasteiger partial charge in [0.15, 0.2) is 0 Å². The smallest absolute Gasteiger partial charge is 0.210 e. The van der Waals surface area contributed by atoms with Crippen LogP contribution in [0.25, 0.3) is 10.9 Å². The normalized spacial score (nSPS) is 19.3. The molecule has 0 spiro atoms. The van der Waals surface area contributed by atoms with E-state index < -0.39 is 0 Å². The van der Waals surface area contributed by atoms with Gasteiger partial charge >= 0.3 is 0 Å². The minimum Gasteiger partial charge on any atom is -0.473 e. The predicted octanol–water partition coefficient (Wildman–Crippen LogP) is 2.64. The van der Waals surface area contributed by atoms with E-state index in [0.717, 1.165) is 10.9 Å². The van der Waals surface area contributed by atoms with E-state index in [1.54, 1.807) is 6.26 Å². The zero-order chi connectivity index (χ0) is 10.1. The fourth-order valence-corrected chi connectivity index (χ4v) is 1.71. The number of fused-ring (bicyclic) bond motifs is 1. The fourth-order valence-electron chi connectivity index (χ4n) is 1.71. The third-order valence-corrected chi connectivity index (χ3v) is 2.43. The van der Waals surface area contributed by atoms with Crippen LogP contribution in [0.3, 0.4) is 0 Å². The Labute approximate surface area is 87.3 Å². The Kier molecular flexibility index (Phi) is 1.81. The highest BCUT2D eigenvalue weighted by Crippen LogP contribution is 2.20. The van der Waals surface area contributed by atoms with Crippen molar-refractivity contribution in [2.24, 2.45) is 0 Å². The molecule has 1 aromatic carbocycles. The van der Waals surface area contributed by atoms with Gasteiger partial charge in [-0.1, -0.05) is 24.3 Å². The van der Waals surface area contributed by atoms with Crippen molar-refractivity contribution in [1.29, 1.82) is 0 Å². The Bertz CT molecular complexity index is 539. The first-order valence-corrected chi connectivity index (χ1v) is 4.86. The number of benzene rings is 1. The maximum atomic E-state index is 5.46. The van der Waals surface area contributed by atoms with Crippen LogP contribution in [0, 0.1) is 0 Å². The molecule has 3 rings (SSSR count). The molecule has 15 heavy (non-hydrogen) atoms. The zero-order valence-electron chi connectivity index (χ0n) is 8.08. The lowest BCUT2D eigenvalue weighted by atomic mass is 10.2. The SMILES string of the molecule is C1=COC(n2ncc3ccccc32)C=C1. The maximum absolute atomic E-state index is 5.46. The topological polar surface area (TPSA) is 27.1 Å². The van der Waals surface area contributed by atoms with Crippen LogP contribution >= 0.6 is 0 Å². The van der Waals surface area contributed by atoms with Crippen molar-refractivity contribution in [1.82, 2.24) is 9.78 Å². The van der Waals surface area contributed by atoms with Gasteiger partial charge in [0.25, 0.3) is 0 Å². The molecule has 0 bridgehead atoms. The molecule has 0 fully saturated rings. The molecule has 3 nitrogen and oxygen atoms in total. The van der Waals surface area contributed by atoms with Crippen molar-refractivity contribution in [2.45, 2.75) is 6.23 Å². The van der Waals surface area contributed by atoms with Crippen LogP contribution < -0.4 is 0 Å². The summed E-state index contributed by atoms with van der Waals surface area (Å²) in [5, 5.41) is 5.45. The molecule has 3 heteroatoms. The molecule has 1 aliphatic rings. The Balaban J connectivity index is 2.11. The number of rotatable bonds is 1. The molecule has 2 aromatic rings. The molecule has 0 amide bonds. The Morgan fingerprint density at radius 1 is 1.20 bits per heavy atom. The molecule has 1 aromatic heterocycles. The molecule has 1 unspecified atom stereocenters. The summed E-state index contributed by atoms with van der Waals surface area (Å²) in [4.78, 5) is 0. The minimum atomic E-state index is -0.130. The number of allylic oxidation sites excluding steroid dienone is 2. The number of nitrogens with zero attached hydrogens (tertiary/aromatic N) is 2. The average Bonchev–Trinajstić information content (AvgIpc) is 2.74. The van der Waals surface area contributed by atoms with Crippen molar-refractivity contribution in [3.8, 4) is 0 Å². The molecule has 0 aliphatic carbocycles. The molecule has 1 aliphatic heterocycles. The van der Waals surface area contributed by atoms with E-state index in [2.05, 4.69) is 5.10 Å². The summed E-state index contributed by atoms with van der Waals surface area (Å²) in [5.74, 6) is 0. The van der Waals surface area contributed by atoms with E-state index in [-0.39, 0.29) is 6.23 Å². The Hall–Kier alpha value is -2.03. The summed E-state index contributed by atoms with van der Waals surface area (Å²) in [6, 6.07) is 8.09. The summed E-state index contributed by atoms with van der Waals surface area (Å²) in [5.41, 5.74) is 1.09. The molecule has 1 atom stereocenters. The van der Waals surface area contributed by atoms with Crippen molar-refractivity contribution in [3.63, 3.8) is 0 Å². The molecule has 74 valence electrons. The highest BCUT2D eigenvalue weighted by molar-refractivity contribution is 5.78. The van der Waals surface area contributed by atoms with E-state index in [1.165, 1.54) is 0 Å². The van der Waals surface area contributed by atoms with Crippen LogP contribution in [0.5, 0.6) is 0 Å². The molecule has 0 radical (unpaired) electrons. The van der Waals surface area contributed by atoms with Crippen molar-refractivity contribution in [2.75, 3.05) is 0 Å². The predicted molar refractivity (Wildman–Crippen MR) is 58.1 cm³/mol. The van der Waals surface area contributed by atoms with Gasteiger partial charge in [0.2, 0.25) is 6.23 Å². The number of hydrogen-bond acceptors (Lipinski definition) is 2. The van der Waals surface area contributed by atoms with E-state index in [0.29, 0.717) is 0 Å². The molecular weight excluding hydrogens is 188 g/mol. The minimum absolute atomic E-state index is 0.130. The van der Waals surface area contributed by atoms with Crippen molar-refractivity contribution >= 4 is 10.9 Å². The van der Waals surface area contributed by atoms with Gasteiger partial charge in [0, 0.05) is 5.39 Å². The summed E-state index contributed by atoms with van der Waals surface area (Å²) in [6.45, 7) is 0. The van der Waals surface area contributed by atoms with Crippen molar-refractivity contribution in [3.05, 3.63) is 55.0 Å². The lowest BCUT2D eigenvalue weighted by Gasteiger charge is -2.16. The summed E-state index contributed by atoms with van der Waals surface area (Å²) in [7, 11) is 0. The lowest BCUT2D eigenvalue weighted by Crippen LogP contribution is -2.10. The number of para-hydroxylation sites is 1. The third kappa shape index (κ3) is 1.32. The second kappa shape index (κ2) is 3.28. The Morgan fingerprint density at radius 3 is 3.00 bits per heavy atom. The number of ether oxygens (including phenoxy) is 1. The first-order valence-electron chi connectivity index (χ1n) is 4.86. The second-order valence-corrected chi connectivity index (χ2v) is 3.39. The van der Waals surface area contributed by atoms with Gasteiger partial charge in [-0.15, -0.1) is 0 Å². The molecule has 0 saturated carbocycles. The van der Waals surface area contributed by atoms with Gasteiger partial charge in [0.05, 0.1) is 18.0 Å². The van der Waals surface area contributed by atoms with Crippen LogP contribution in [0.15, 0.2) is 55.0 Å². The number of hydrogen-bond donors (Lipinski definition) is 0. The third-order valence-electron chi connectivity index (χ3n) is 2.43. The highest BCUT2D eigenvalue weighted by Gasteiger charge is 2.11. The molecule has 0 N–H and O–H groups in total. The van der Waals surface area contributed by atoms with Gasteiger partial charge in [-0.25, -0.2) is 4.68 Å². The van der Waals surface area contributed by atoms with Crippen LogP contribution in [0.4, 0.5) is 0 Å². The monoisotopic (exact) mass is 198 g/mol. The van der Waals surface area contributed by atoms with E-state index in [1.807, 2.05) is 53.4 Å². The first-order chi connectivity index (χ1) is 7.45. The maximum Gasteiger partial charge on any atom is 0.210 e. The van der Waals surface area contributed by atoms with Gasteiger partial charge in [-0.05, 0) is 18.2 Å². The lowest BCUT2D eigenvalue weighted by molar-refractivity contribution is 0.114. The van der Waals surface area contributed by atoms with Gasteiger partial charge in [0.1, 0.15) is 0 Å². The highest BCUT2D eigenvalue weighted by atomic mass is 16.5. The summed E-state index contributed by atoms with van der Waals surface area (Å²) in [6.07, 6.45) is 9.20. The first kappa shape index (κ1) is 8.29. The average molecular weight is 198 g/mol. The largest absolute Gasteiger partial charge is 0.473 e. The quantitative estimate of drug-likeness (QED) is 0.704. The van der Waals surface area contributed by atoms with Crippen LogP contribution in [-0.2, 0) is 4.74 Å². The van der Waals surface area contributed by atoms with Gasteiger partial charge in [-0.2, -0.15) is 5.10 Å². The van der Waals surface area contributed by atoms with E-state index >= 15 is 0 Å². The van der Waals surface area contributed by atoms with Crippen LogP contribution in [0.1, 0.15) is 6.23 Å².